The van der Waals surface area contributed by atoms with Crippen molar-refractivity contribution in [2.45, 2.75) is 58.8 Å². The smallest absolute Gasteiger partial charge is 0.306 e. The first-order valence-electron chi connectivity index (χ1n) is 7.97. The second-order valence-electron chi connectivity index (χ2n) is 4.76. The summed E-state index contributed by atoms with van der Waals surface area (Å²) in [6.45, 7) is 4.68. The summed E-state index contributed by atoms with van der Waals surface area (Å²) >= 11 is 0. The van der Waals surface area contributed by atoms with Gasteiger partial charge in [0.05, 0.1) is 33.2 Å². The normalized spacial score (nSPS) is 9.29. The zero-order chi connectivity index (χ0) is 18.8. The summed E-state index contributed by atoms with van der Waals surface area (Å²) in [5, 5.41) is 8.15. The van der Waals surface area contributed by atoms with Crippen LogP contribution in [0.4, 0.5) is 0 Å². The summed E-state index contributed by atoms with van der Waals surface area (Å²) in [6, 6.07) is 0. The summed E-state index contributed by atoms with van der Waals surface area (Å²) in [6.07, 6.45) is 2.38. The molecule has 1 N–H and O–H groups in total. The molecule has 0 radical (unpaired) electrons. The van der Waals surface area contributed by atoms with E-state index in [0.29, 0.717) is 19.6 Å². The average Bonchev–Trinajstić information content (AvgIpc) is 2.56. The van der Waals surface area contributed by atoms with Crippen LogP contribution in [0.25, 0.3) is 0 Å². The number of carbonyl (C=O) groups excluding carboxylic acids is 3. The van der Waals surface area contributed by atoms with Gasteiger partial charge in [0.1, 0.15) is 0 Å². The fourth-order valence-electron chi connectivity index (χ4n) is 1.27. The first-order valence-corrected chi connectivity index (χ1v) is 7.97. The lowest BCUT2D eigenvalue weighted by molar-refractivity contribution is -0.150. The Morgan fingerprint density at radius 2 is 1.21 bits per heavy atom. The zero-order valence-corrected chi connectivity index (χ0v) is 14.7. The molecular weight excluding hydrogens is 320 g/mol. The Kier molecular flexibility index (Phi) is 17.3. The molecular formula is C16H28O8. The number of hydrogen-bond acceptors (Lipinski definition) is 7. The molecule has 0 amide bonds. The first-order chi connectivity index (χ1) is 11.4. The fraction of sp³-hybridized carbons (Fsp3) is 0.750. The van der Waals surface area contributed by atoms with E-state index in [1.54, 1.807) is 0 Å². The van der Waals surface area contributed by atoms with E-state index in [-0.39, 0.29) is 43.6 Å². The Labute approximate surface area is 142 Å². The molecule has 8 heteroatoms. The number of aliphatic carboxylic acids is 1. The van der Waals surface area contributed by atoms with Gasteiger partial charge in [-0.2, -0.15) is 0 Å². The van der Waals surface area contributed by atoms with E-state index < -0.39 is 5.97 Å². The van der Waals surface area contributed by atoms with E-state index in [2.05, 4.69) is 4.74 Å². The molecule has 0 fully saturated rings. The summed E-state index contributed by atoms with van der Waals surface area (Å²) in [5.41, 5.74) is 0. The highest BCUT2D eigenvalue weighted by atomic mass is 16.5. The largest absolute Gasteiger partial charge is 0.481 e. The standard InChI is InChI=1S/C10H18O4.C6H10O4/c1-3-7-13-9(11)5-6-10(12)14-8-4-2;1-10-6(9)4-2-3-5(7)8/h3-8H2,1-2H3;2-4H2,1H3,(H,7,8). The van der Waals surface area contributed by atoms with Gasteiger partial charge in [-0.25, -0.2) is 0 Å². The van der Waals surface area contributed by atoms with Crippen LogP contribution in [0.2, 0.25) is 0 Å². The Morgan fingerprint density at radius 1 is 0.750 bits per heavy atom. The van der Waals surface area contributed by atoms with Gasteiger partial charge >= 0.3 is 23.9 Å². The van der Waals surface area contributed by atoms with E-state index in [1.807, 2.05) is 13.8 Å². The second-order valence-corrected chi connectivity index (χ2v) is 4.76. The summed E-state index contributed by atoms with van der Waals surface area (Å²) in [7, 11) is 1.28. The number of ether oxygens (including phenoxy) is 3. The number of carboxylic acids is 1. The second kappa shape index (κ2) is 17.2. The lowest BCUT2D eigenvalue weighted by Gasteiger charge is -2.03. The Morgan fingerprint density at radius 3 is 1.54 bits per heavy atom. The van der Waals surface area contributed by atoms with Gasteiger partial charge in [-0.3, -0.25) is 19.2 Å². The molecule has 24 heavy (non-hydrogen) atoms. The molecule has 0 aliphatic carbocycles. The van der Waals surface area contributed by atoms with Gasteiger partial charge in [0.15, 0.2) is 0 Å². The molecule has 0 aromatic carbocycles. The zero-order valence-electron chi connectivity index (χ0n) is 14.7. The van der Waals surface area contributed by atoms with E-state index in [0.717, 1.165) is 12.8 Å². The lowest BCUT2D eigenvalue weighted by Crippen LogP contribution is -2.10. The third kappa shape index (κ3) is 19.9. The molecule has 0 unspecified atom stereocenters. The molecule has 0 aromatic rings. The van der Waals surface area contributed by atoms with Crippen molar-refractivity contribution in [3.8, 4) is 0 Å². The predicted octanol–water partition coefficient (Wildman–Crippen LogP) is 2.09. The number of esters is 3. The van der Waals surface area contributed by atoms with E-state index in [4.69, 9.17) is 14.6 Å². The maximum absolute atomic E-state index is 11.0. The molecule has 0 heterocycles. The maximum atomic E-state index is 11.0. The third-order valence-corrected chi connectivity index (χ3v) is 2.47. The number of hydrogen-bond donors (Lipinski definition) is 1. The van der Waals surface area contributed by atoms with Crippen molar-refractivity contribution < 1.29 is 38.5 Å². The van der Waals surface area contributed by atoms with Gasteiger partial charge in [0.2, 0.25) is 0 Å². The van der Waals surface area contributed by atoms with Crippen LogP contribution in [-0.2, 0) is 33.4 Å². The third-order valence-electron chi connectivity index (χ3n) is 2.47. The van der Waals surface area contributed by atoms with Crippen LogP contribution < -0.4 is 0 Å². The van der Waals surface area contributed by atoms with Crippen molar-refractivity contribution in [2.24, 2.45) is 0 Å². The summed E-state index contributed by atoms with van der Waals surface area (Å²) < 4.78 is 13.9. The number of carboxylic acid groups (broad SMARTS) is 1. The van der Waals surface area contributed by atoms with Crippen molar-refractivity contribution >= 4 is 23.9 Å². The molecule has 0 spiro atoms. The van der Waals surface area contributed by atoms with Gasteiger partial charge in [-0.15, -0.1) is 0 Å². The van der Waals surface area contributed by atoms with E-state index in [1.165, 1.54) is 7.11 Å². The van der Waals surface area contributed by atoms with Crippen LogP contribution in [0.1, 0.15) is 58.8 Å². The first kappa shape index (κ1) is 24.1. The van der Waals surface area contributed by atoms with Crippen molar-refractivity contribution in [3.63, 3.8) is 0 Å². The molecule has 0 aliphatic rings. The number of methoxy groups -OCH3 is 1. The highest BCUT2D eigenvalue weighted by Crippen LogP contribution is 1.97. The minimum Gasteiger partial charge on any atom is -0.481 e. The molecule has 8 nitrogen and oxygen atoms in total. The molecule has 0 rings (SSSR count). The Balaban J connectivity index is 0. The molecule has 0 bridgehead atoms. The van der Waals surface area contributed by atoms with E-state index >= 15 is 0 Å². The van der Waals surface area contributed by atoms with Crippen molar-refractivity contribution in [3.05, 3.63) is 0 Å². The van der Waals surface area contributed by atoms with Crippen LogP contribution in [0, 0.1) is 0 Å². The highest BCUT2D eigenvalue weighted by Gasteiger charge is 2.08. The van der Waals surface area contributed by atoms with Crippen LogP contribution in [0.15, 0.2) is 0 Å². The van der Waals surface area contributed by atoms with Gasteiger partial charge < -0.3 is 19.3 Å². The minimum atomic E-state index is -0.885. The lowest BCUT2D eigenvalue weighted by atomic mass is 10.2. The summed E-state index contributed by atoms with van der Waals surface area (Å²) in [5.74, 6) is -1.91. The monoisotopic (exact) mass is 348 g/mol. The van der Waals surface area contributed by atoms with Crippen LogP contribution in [0.3, 0.4) is 0 Å². The molecule has 140 valence electrons. The fourth-order valence-corrected chi connectivity index (χ4v) is 1.27. The van der Waals surface area contributed by atoms with Gasteiger partial charge in [-0.05, 0) is 19.3 Å². The maximum Gasteiger partial charge on any atom is 0.306 e. The van der Waals surface area contributed by atoms with Gasteiger partial charge in [-0.1, -0.05) is 13.8 Å². The van der Waals surface area contributed by atoms with Gasteiger partial charge in [0, 0.05) is 12.8 Å². The van der Waals surface area contributed by atoms with Crippen LogP contribution >= 0.6 is 0 Å². The number of carbonyl (C=O) groups is 4. The molecule has 0 atom stereocenters. The van der Waals surface area contributed by atoms with Crippen molar-refractivity contribution in [1.29, 1.82) is 0 Å². The van der Waals surface area contributed by atoms with Crippen molar-refractivity contribution in [1.82, 2.24) is 0 Å². The van der Waals surface area contributed by atoms with Gasteiger partial charge in [0.25, 0.3) is 0 Å². The topological polar surface area (TPSA) is 116 Å². The van der Waals surface area contributed by atoms with Crippen LogP contribution in [0.5, 0.6) is 0 Å². The molecule has 0 saturated carbocycles. The average molecular weight is 348 g/mol. The Hall–Kier alpha value is -2.12. The van der Waals surface area contributed by atoms with Crippen LogP contribution in [-0.4, -0.2) is 49.3 Å². The predicted molar refractivity (Wildman–Crippen MR) is 85.2 cm³/mol. The summed E-state index contributed by atoms with van der Waals surface area (Å²) in [4.78, 5) is 42.2. The van der Waals surface area contributed by atoms with E-state index in [9.17, 15) is 19.2 Å². The molecule has 0 aliphatic heterocycles. The molecule has 0 saturated heterocycles. The van der Waals surface area contributed by atoms with Crippen molar-refractivity contribution in [2.75, 3.05) is 20.3 Å². The SMILES string of the molecule is CCCOC(=O)CCC(=O)OCCC.COC(=O)CCCC(=O)O. The number of rotatable bonds is 11. The highest BCUT2D eigenvalue weighted by molar-refractivity contribution is 5.77. The molecule has 0 aromatic heterocycles. The Bertz CT molecular complexity index is 358. The minimum absolute atomic E-state index is 0.0229. The quantitative estimate of drug-likeness (QED) is 0.445.